The summed E-state index contributed by atoms with van der Waals surface area (Å²) in [5.74, 6) is 0.596. The number of hydrogen-bond acceptors (Lipinski definition) is 3. The number of nitrogens with one attached hydrogen (secondary N) is 2. The maximum atomic E-state index is 12.8. The van der Waals surface area contributed by atoms with E-state index < -0.39 is 0 Å². The zero-order valence-corrected chi connectivity index (χ0v) is 10.4. The number of pyridine rings is 1. The molecule has 1 aromatic carbocycles. The Balaban J connectivity index is 2.10. The standard InChI is InChI=1S/C14H16FN3/c1-10(11-3-5-12(15)6-4-11)18-13-7-8-17-14(9-13)16-2/h3-10H,1-2H3,(H2,16,17,18). The summed E-state index contributed by atoms with van der Waals surface area (Å²) in [7, 11) is 1.83. The molecule has 2 rings (SSSR count). The van der Waals surface area contributed by atoms with Crippen molar-refractivity contribution in [2.24, 2.45) is 0 Å². The van der Waals surface area contributed by atoms with Crippen LogP contribution in [0.1, 0.15) is 18.5 Å². The Hall–Kier alpha value is -2.10. The second-order valence-corrected chi connectivity index (χ2v) is 4.10. The van der Waals surface area contributed by atoms with Crippen LogP contribution in [0.2, 0.25) is 0 Å². The largest absolute Gasteiger partial charge is 0.378 e. The zero-order chi connectivity index (χ0) is 13.0. The normalized spacial score (nSPS) is 11.9. The maximum absolute atomic E-state index is 12.8. The Bertz CT molecular complexity index is 511. The van der Waals surface area contributed by atoms with E-state index in [0.29, 0.717) is 0 Å². The summed E-state index contributed by atoms with van der Waals surface area (Å²) in [4.78, 5) is 4.15. The Morgan fingerprint density at radius 2 is 1.89 bits per heavy atom. The molecular formula is C14H16FN3. The minimum Gasteiger partial charge on any atom is -0.378 e. The fourth-order valence-electron chi connectivity index (χ4n) is 1.74. The molecule has 1 unspecified atom stereocenters. The lowest BCUT2D eigenvalue weighted by Gasteiger charge is -2.16. The van der Waals surface area contributed by atoms with Crippen molar-refractivity contribution in [3.63, 3.8) is 0 Å². The van der Waals surface area contributed by atoms with E-state index in [9.17, 15) is 4.39 Å². The van der Waals surface area contributed by atoms with E-state index in [0.717, 1.165) is 17.1 Å². The summed E-state index contributed by atoms with van der Waals surface area (Å²) in [5.41, 5.74) is 2.02. The quantitative estimate of drug-likeness (QED) is 0.866. The third-order valence-electron chi connectivity index (χ3n) is 2.77. The van der Waals surface area contributed by atoms with Gasteiger partial charge in [0.2, 0.25) is 0 Å². The summed E-state index contributed by atoms with van der Waals surface area (Å²) in [6, 6.07) is 10.5. The van der Waals surface area contributed by atoms with E-state index in [1.165, 1.54) is 12.1 Å². The lowest BCUT2D eigenvalue weighted by atomic mass is 10.1. The van der Waals surface area contributed by atoms with Crippen LogP contribution >= 0.6 is 0 Å². The van der Waals surface area contributed by atoms with Crippen LogP contribution in [0.4, 0.5) is 15.9 Å². The molecule has 2 N–H and O–H groups in total. The summed E-state index contributed by atoms with van der Waals surface area (Å²) >= 11 is 0. The van der Waals surface area contributed by atoms with Gasteiger partial charge in [0.15, 0.2) is 0 Å². The topological polar surface area (TPSA) is 37.0 Å². The van der Waals surface area contributed by atoms with Crippen LogP contribution in [-0.2, 0) is 0 Å². The Kier molecular flexibility index (Phi) is 3.77. The van der Waals surface area contributed by atoms with Gasteiger partial charge in [-0.3, -0.25) is 0 Å². The van der Waals surface area contributed by atoms with Crippen molar-refractivity contribution in [2.75, 3.05) is 17.7 Å². The second kappa shape index (κ2) is 5.49. The lowest BCUT2D eigenvalue weighted by molar-refractivity contribution is 0.626. The predicted octanol–water partition coefficient (Wildman–Crippen LogP) is 3.44. The number of benzene rings is 1. The van der Waals surface area contributed by atoms with Crippen molar-refractivity contribution in [1.82, 2.24) is 4.98 Å². The number of halogens is 1. The molecule has 0 saturated heterocycles. The first-order valence-corrected chi connectivity index (χ1v) is 5.85. The average molecular weight is 245 g/mol. The van der Waals surface area contributed by atoms with Gasteiger partial charge in [-0.1, -0.05) is 12.1 Å². The molecule has 4 heteroatoms. The number of nitrogens with zero attached hydrogens (tertiary/aromatic N) is 1. The summed E-state index contributed by atoms with van der Waals surface area (Å²) in [6.45, 7) is 2.03. The van der Waals surface area contributed by atoms with E-state index in [-0.39, 0.29) is 11.9 Å². The van der Waals surface area contributed by atoms with E-state index in [1.54, 1.807) is 18.3 Å². The molecular weight excluding hydrogens is 229 g/mol. The first-order valence-electron chi connectivity index (χ1n) is 5.85. The van der Waals surface area contributed by atoms with Crippen LogP contribution in [0.3, 0.4) is 0 Å². The fraction of sp³-hybridized carbons (Fsp3) is 0.214. The van der Waals surface area contributed by atoms with Gasteiger partial charge in [0, 0.05) is 31.0 Å². The SMILES string of the molecule is CNc1cc(NC(C)c2ccc(F)cc2)ccn1. The van der Waals surface area contributed by atoms with Gasteiger partial charge in [0.1, 0.15) is 11.6 Å². The van der Waals surface area contributed by atoms with Crippen molar-refractivity contribution >= 4 is 11.5 Å². The van der Waals surface area contributed by atoms with E-state index in [4.69, 9.17) is 0 Å². The highest BCUT2D eigenvalue weighted by molar-refractivity contribution is 5.52. The van der Waals surface area contributed by atoms with Crippen molar-refractivity contribution in [1.29, 1.82) is 0 Å². The minimum absolute atomic E-state index is 0.109. The second-order valence-electron chi connectivity index (χ2n) is 4.10. The third-order valence-corrected chi connectivity index (χ3v) is 2.77. The van der Waals surface area contributed by atoms with Gasteiger partial charge >= 0.3 is 0 Å². The molecule has 0 spiro atoms. The Morgan fingerprint density at radius 3 is 2.56 bits per heavy atom. The maximum Gasteiger partial charge on any atom is 0.127 e. The molecule has 2 aromatic rings. The van der Waals surface area contributed by atoms with Crippen LogP contribution in [0.15, 0.2) is 42.6 Å². The third kappa shape index (κ3) is 2.97. The molecule has 18 heavy (non-hydrogen) atoms. The Morgan fingerprint density at radius 1 is 1.17 bits per heavy atom. The van der Waals surface area contributed by atoms with Gasteiger partial charge in [-0.05, 0) is 30.7 Å². The van der Waals surface area contributed by atoms with Gasteiger partial charge in [0.25, 0.3) is 0 Å². The molecule has 0 aliphatic carbocycles. The number of anilines is 2. The van der Waals surface area contributed by atoms with Crippen molar-refractivity contribution in [2.45, 2.75) is 13.0 Å². The molecule has 0 amide bonds. The van der Waals surface area contributed by atoms with Gasteiger partial charge in [0.05, 0.1) is 0 Å². The van der Waals surface area contributed by atoms with Crippen LogP contribution in [-0.4, -0.2) is 12.0 Å². The highest BCUT2D eigenvalue weighted by Gasteiger charge is 2.05. The molecule has 0 bridgehead atoms. The van der Waals surface area contributed by atoms with E-state index >= 15 is 0 Å². The molecule has 0 aliphatic heterocycles. The van der Waals surface area contributed by atoms with Crippen LogP contribution < -0.4 is 10.6 Å². The van der Waals surface area contributed by atoms with Crippen molar-refractivity contribution in [3.05, 3.63) is 54.0 Å². The molecule has 0 radical (unpaired) electrons. The Labute approximate surface area is 106 Å². The first kappa shape index (κ1) is 12.4. The van der Waals surface area contributed by atoms with Gasteiger partial charge < -0.3 is 10.6 Å². The number of rotatable bonds is 4. The minimum atomic E-state index is -0.215. The molecule has 1 heterocycles. The van der Waals surface area contributed by atoms with Crippen LogP contribution in [0.5, 0.6) is 0 Å². The summed E-state index contributed by atoms with van der Waals surface area (Å²) in [5, 5.41) is 6.34. The van der Waals surface area contributed by atoms with Crippen LogP contribution in [0, 0.1) is 5.82 Å². The zero-order valence-electron chi connectivity index (χ0n) is 10.4. The van der Waals surface area contributed by atoms with Crippen molar-refractivity contribution < 1.29 is 4.39 Å². The molecule has 3 nitrogen and oxygen atoms in total. The van der Waals surface area contributed by atoms with E-state index in [1.807, 2.05) is 26.1 Å². The van der Waals surface area contributed by atoms with Crippen LogP contribution in [0.25, 0.3) is 0 Å². The number of hydrogen-bond donors (Lipinski definition) is 2. The average Bonchev–Trinajstić information content (AvgIpc) is 2.39. The summed E-state index contributed by atoms with van der Waals surface area (Å²) < 4.78 is 12.8. The van der Waals surface area contributed by atoms with E-state index in [2.05, 4.69) is 15.6 Å². The van der Waals surface area contributed by atoms with Crippen molar-refractivity contribution in [3.8, 4) is 0 Å². The monoisotopic (exact) mass is 245 g/mol. The molecule has 1 atom stereocenters. The molecule has 1 aromatic heterocycles. The highest BCUT2D eigenvalue weighted by atomic mass is 19.1. The molecule has 0 aliphatic rings. The van der Waals surface area contributed by atoms with Gasteiger partial charge in [-0.2, -0.15) is 0 Å². The predicted molar refractivity (Wildman–Crippen MR) is 72.2 cm³/mol. The highest BCUT2D eigenvalue weighted by Crippen LogP contribution is 2.20. The summed E-state index contributed by atoms with van der Waals surface area (Å²) in [6.07, 6.45) is 1.74. The smallest absolute Gasteiger partial charge is 0.127 e. The first-order chi connectivity index (χ1) is 8.69. The fourth-order valence-corrected chi connectivity index (χ4v) is 1.74. The van der Waals surface area contributed by atoms with Gasteiger partial charge in [-0.25, -0.2) is 9.37 Å². The number of aromatic nitrogens is 1. The molecule has 0 fully saturated rings. The molecule has 94 valence electrons. The molecule has 0 saturated carbocycles. The lowest BCUT2D eigenvalue weighted by Crippen LogP contribution is -2.07. The van der Waals surface area contributed by atoms with Gasteiger partial charge in [-0.15, -0.1) is 0 Å².